The van der Waals surface area contributed by atoms with Crippen LogP contribution in [0, 0.1) is 46.3 Å². The highest BCUT2D eigenvalue weighted by atomic mass is 16.9. The molecule has 4 aliphatic carbocycles. The molecule has 5 unspecified atom stereocenters. The van der Waals surface area contributed by atoms with Crippen molar-refractivity contribution in [1.82, 2.24) is 0 Å². The third-order valence-corrected chi connectivity index (χ3v) is 19.5. The van der Waals surface area contributed by atoms with Gasteiger partial charge in [0.2, 0.25) is 5.60 Å². The van der Waals surface area contributed by atoms with Crippen molar-refractivity contribution in [3.63, 3.8) is 0 Å². The zero-order valence-electron chi connectivity index (χ0n) is 40.4. The molecule has 2 aromatic rings. The highest BCUT2D eigenvalue weighted by Gasteiger charge is 2.91. The van der Waals surface area contributed by atoms with Gasteiger partial charge in [0, 0.05) is 23.2 Å². The molecule has 3 N–H and O–H groups in total. The van der Waals surface area contributed by atoms with Crippen LogP contribution in [0.5, 0.6) is 0 Å². The largest absolute Gasteiger partial charge is 0.462 e. The van der Waals surface area contributed by atoms with Gasteiger partial charge in [-0.2, -0.15) is 0 Å². The molecule has 0 amide bonds. The number of hydrogen-bond donors (Lipinski definition) is 3. The Balaban J connectivity index is 1.11. The zero-order chi connectivity index (χ0) is 48.9. The lowest BCUT2D eigenvalue weighted by Crippen LogP contribution is -2.75. The first-order valence-electron chi connectivity index (χ1n) is 25.1. The number of fused-ring (bicyclic) bond motifs is 3. The van der Waals surface area contributed by atoms with Crippen molar-refractivity contribution in [2.24, 2.45) is 46.3 Å². The van der Waals surface area contributed by atoms with Crippen molar-refractivity contribution < 1.29 is 72.4 Å². The van der Waals surface area contributed by atoms with Crippen LogP contribution in [0.2, 0.25) is 0 Å². The highest BCUT2D eigenvalue weighted by molar-refractivity contribution is 5.94. The fraction of sp³-hybridized carbons (Fsp3) is 0.667. The number of epoxide rings is 1. The zero-order valence-corrected chi connectivity index (χ0v) is 40.4. The third-order valence-electron chi connectivity index (χ3n) is 19.5. The summed E-state index contributed by atoms with van der Waals surface area (Å²) in [6.45, 7) is 14.9. The lowest BCUT2D eigenvalue weighted by molar-refractivity contribution is -0.459. The van der Waals surface area contributed by atoms with E-state index >= 15 is 0 Å². The van der Waals surface area contributed by atoms with Gasteiger partial charge in [-0.25, -0.2) is 14.4 Å². The van der Waals surface area contributed by atoms with Crippen LogP contribution in [0.25, 0.3) is 0 Å². The number of hydrogen-bond acceptors (Lipinski definition) is 15. The van der Waals surface area contributed by atoms with E-state index in [-0.39, 0.29) is 37.4 Å². The van der Waals surface area contributed by atoms with Gasteiger partial charge < -0.3 is 53.2 Å². The van der Waals surface area contributed by atoms with Crippen molar-refractivity contribution >= 4 is 23.9 Å². The molecule has 0 radical (unpaired) electrons. The number of carbonyl (C=O) groups excluding carboxylic acids is 4. The van der Waals surface area contributed by atoms with E-state index in [4.69, 9.17) is 37.9 Å². The van der Waals surface area contributed by atoms with Gasteiger partial charge in [-0.1, -0.05) is 103 Å². The molecule has 2 spiro atoms. The minimum absolute atomic E-state index is 0.100. The molecule has 69 heavy (non-hydrogen) atoms. The minimum atomic E-state index is -2.43. The van der Waals surface area contributed by atoms with E-state index in [1.54, 1.807) is 67.6 Å². The summed E-state index contributed by atoms with van der Waals surface area (Å²) in [4.78, 5) is 56.5. The fourth-order valence-corrected chi connectivity index (χ4v) is 15.4. The van der Waals surface area contributed by atoms with Gasteiger partial charge in [-0.15, -0.1) is 0 Å². The van der Waals surface area contributed by atoms with Gasteiger partial charge >= 0.3 is 29.9 Å². The summed E-state index contributed by atoms with van der Waals surface area (Å²) in [6, 6.07) is 17.0. The van der Waals surface area contributed by atoms with Crippen LogP contribution in [0.1, 0.15) is 120 Å². The molecule has 5 bridgehead atoms. The molecule has 2 aromatic carbocycles. The summed E-state index contributed by atoms with van der Waals surface area (Å²) in [7, 11) is 0. The molecule has 9 fully saturated rings. The molecule has 9 aliphatic rings. The standard InChI is InChI=1S/C54H66O15/c1-29(2)49-26-34(27-62-42(56)32-19-13-10-14-20-32)53-37-40(49)66-54(68-49,69-53)35(55)23-17-9-8-12-18-30(3)36-31(4)39(64-43(57)33-21-15-11-16-22-33)52(61,38(36)53)44(58)50(41(37)65-50)28-63-46(60)51-25-24-48(7,45(59)67-51)47(51,5)6/h10-11,13-16,19-22,30-31,34-41,44,55,58,61H,1,8-9,12,17-18,23-28H2,2-7H3/t30-,31+,34+,35-,36?,37?,38?,39+,40-,41+,44-,48+,49-,50+,51?,52-,53-,54?/m1/s1. The summed E-state index contributed by atoms with van der Waals surface area (Å²) in [5.74, 6) is -9.07. The van der Waals surface area contributed by atoms with E-state index in [1.807, 2.05) is 27.7 Å². The van der Waals surface area contributed by atoms with Crippen LogP contribution in [0.15, 0.2) is 72.8 Å². The quantitative estimate of drug-likeness (QED) is 0.114. The molecule has 11 rings (SSSR count). The van der Waals surface area contributed by atoms with E-state index in [0.717, 1.165) is 19.3 Å². The van der Waals surface area contributed by atoms with E-state index in [0.29, 0.717) is 30.4 Å². The topological polar surface area (TPSA) is 206 Å². The number of aliphatic hydroxyl groups is 3. The van der Waals surface area contributed by atoms with Gasteiger partial charge in [0.15, 0.2) is 5.60 Å². The maximum absolute atomic E-state index is 14.7. The van der Waals surface area contributed by atoms with Crippen LogP contribution in [-0.4, -0.2) is 117 Å². The predicted molar refractivity (Wildman–Crippen MR) is 242 cm³/mol. The van der Waals surface area contributed by atoms with E-state index in [2.05, 4.69) is 13.5 Å². The Bertz CT molecular complexity index is 2450. The summed E-state index contributed by atoms with van der Waals surface area (Å²) < 4.78 is 53.8. The fourth-order valence-electron chi connectivity index (χ4n) is 15.4. The van der Waals surface area contributed by atoms with Crippen LogP contribution in [-0.2, 0) is 47.5 Å². The second-order valence-electron chi connectivity index (χ2n) is 22.9. The Morgan fingerprint density at radius 1 is 0.826 bits per heavy atom. The van der Waals surface area contributed by atoms with Crippen molar-refractivity contribution in [2.45, 2.75) is 164 Å². The molecule has 5 aliphatic heterocycles. The third kappa shape index (κ3) is 6.04. The monoisotopic (exact) mass is 954 g/mol. The first-order chi connectivity index (χ1) is 32.7. The van der Waals surface area contributed by atoms with Crippen molar-refractivity contribution in [3.05, 3.63) is 83.9 Å². The maximum atomic E-state index is 14.7. The molecule has 18 atom stereocenters. The molecule has 0 aromatic heterocycles. The Kier molecular flexibility index (Phi) is 10.7. The number of carbonyl (C=O) groups is 4. The summed E-state index contributed by atoms with van der Waals surface area (Å²) in [5, 5.41) is 40.5. The van der Waals surface area contributed by atoms with Crippen molar-refractivity contribution in [3.8, 4) is 0 Å². The minimum Gasteiger partial charge on any atom is -0.462 e. The van der Waals surface area contributed by atoms with Crippen molar-refractivity contribution in [2.75, 3.05) is 13.2 Å². The van der Waals surface area contributed by atoms with Crippen LogP contribution in [0.4, 0.5) is 0 Å². The lowest BCUT2D eigenvalue weighted by atomic mass is 9.51. The first-order valence-corrected chi connectivity index (χ1v) is 25.1. The van der Waals surface area contributed by atoms with E-state index < -0.39 is 135 Å². The second kappa shape index (κ2) is 15.6. The molecule has 15 heteroatoms. The number of esters is 4. The predicted octanol–water partition coefficient (Wildman–Crippen LogP) is 6.00. The second-order valence-corrected chi connectivity index (χ2v) is 22.9. The van der Waals surface area contributed by atoms with Crippen LogP contribution < -0.4 is 0 Å². The lowest BCUT2D eigenvalue weighted by Gasteiger charge is -2.62. The maximum Gasteiger partial charge on any atom is 0.351 e. The van der Waals surface area contributed by atoms with Gasteiger partial charge in [0.05, 0.1) is 28.7 Å². The van der Waals surface area contributed by atoms with Gasteiger partial charge in [-0.3, -0.25) is 4.79 Å². The number of aliphatic hydroxyl groups excluding tert-OH is 2. The smallest absolute Gasteiger partial charge is 0.351 e. The van der Waals surface area contributed by atoms with Gasteiger partial charge in [0.1, 0.15) is 48.3 Å². The van der Waals surface area contributed by atoms with Gasteiger partial charge in [-0.05, 0) is 87.1 Å². The van der Waals surface area contributed by atoms with Crippen LogP contribution in [0.3, 0.4) is 0 Å². The normalized spacial score (nSPS) is 47.3. The summed E-state index contributed by atoms with van der Waals surface area (Å²) >= 11 is 0. The number of rotatable bonds is 9. The Labute approximate surface area is 402 Å². The molecular weight excluding hydrogens is 889 g/mol. The SMILES string of the molecule is C=C(C)[C@]12C[C@@H](COC(=O)c3ccccc3)[C@@]34OC5(O[C@@H]1C3[C@@H]1O[C@]1(COC(=O)C13CC[C@@](C)(C(=O)O1)C3(C)C)[C@@H](O)[C@@]1(O)C4C([C@H](C)CCCCCC[C@H]5O)[C@H](C)[C@@H]1OC(=O)c1ccccc1)O2. The highest BCUT2D eigenvalue weighted by Crippen LogP contribution is 2.76. The van der Waals surface area contributed by atoms with E-state index in [9.17, 15) is 34.5 Å². The first kappa shape index (κ1) is 47.1. The summed E-state index contributed by atoms with van der Waals surface area (Å²) in [5.41, 5.74) is -9.85. The molecule has 5 heterocycles. The number of ether oxygens (including phenoxy) is 8. The number of benzene rings is 2. The molecule has 5 saturated heterocycles. The van der Waals surface area contributed by atoms with Gasteiger partial charge in [0.25, 0.3) is 0 Å². The molecular formula is C54H66O15. The Hall–Kier alpha value is -4.22. The average Bonchev–Trinajstić information content (AvgIpc) is 3.85. The van der Waals surface area contributed by atoms with Crippen LogP contribution >= 0.6 is 0 Å². The van der Waals surface area contributed by atoms with Crippen molar-refractivity contribution in [1.29, 1.82) is 0 Å². The Morgan fingerprint density at radius 3 is 2.10 bits per heavy atom. The average molecular weight is 955 g/mol. The molecule has 4 saturated carbocycles. The molecule has 15 nitrogen and oxygen atoms in total. The van der Waals surface area contributed by atoms with E-state index in [1.165, 1.54) is 0 Å². The molecule has 372 valence electrons. The summed E-state index contributed by atoms with van der Waals surface area (Å²) in [6.07, 6.45) is -1.91. The Morgan fingerprint density at radius 2 is 1.48 bits per heavy atom.